The van der Waals surface area contributed by atoms with Gasteiger partial charge in [0.15, 0.2) is 0 Å². The van der Waals surface area contributed by atoms with E-state index in [9.17, 15) is 12.8 Å². The molecule has 0 amide bonds. The van der Waals surface area contributed by atoms with Crippen LogP contribution in [0.1, 0.15) is 20.8 Å². The highest BCUT2D eigenvalue weighted by Crippen LogP contribution is 2.24. The summed E-state index contributed by atoms with van der Waals surface area (Å²) >= 11 is 0. The molecular weight excluding hydrogens is 293 g/mol. The van der Waals surface area contributed by atoms with Crippen LogP contribution in [0.3, 0.4) is 0 Å². The summed E-state index contributed by atoms with van der Waals surface area (Å²) in [4.78, 5) is 1.92. The molecule has 2 rings (SSSR count). The number of nitrogens with zero attached hydrogens (tertiary/aromatic N) is 2. The number of hydrogen-bond acceptors (Lipinski definition) is 4. The van der Waals surface area contributed by atoms with Crippen LogP contribution in [0.4, 0.5) is 10.1 Å². The maximum Gasteiger partial charge on any atom is 0.246 e. The van der Waals surface area contributed by atoms with E-state index in [4.69, 9.17) is 5.73 Å². The van der Waals surface area contributed by atoms with Crippen molar-refractivity contribution in [1.82, 2.24) is 9.21 Å². The molecule has 7 heteroatoms. The van der Waals surface area contributed by atoms with E-state index in [0.29, 0.717) is 26.2 Å². The Morgan fingerprint density at radius 2 is 1.71 bits per heavy atom. The van der Waals surface area contributed by atoms with Crippen LogP contribution < -0.4 is 5.73 Å². The van der Waals surface area contributed by atoms with Gasteiger partial charge in [0.2, 0.25) is 10.0 Å². The summed E-state index contributed by atoms with van der Waals surface area (Å²) in [7, 11) is -3.80. The molecule has 1 aromatic rings. The van der Waals surface area contributed by atoms with Gasteiger partial charge in [0.1, 0.15) is 10.7 Å². The van der Waals surface area contributed by atoms with Gasteiger partial charge >= 0.3 is 0 Å². The first-order chi connectivity index (χ1) is 9.62. The van der Waals surface area contributed by atoms with Crippen molar-refractivity contribution in [2.24, 2.45) is 0 Å². The summed E-state index contributed by atoms with van der Waals surface area (Å²) < 4.78 is 40.2. The van der Waals surface area contributed by atoms with Crippen LogP contribution in [0.2, 0.25) is 0 Å². The Labute approximate surface area is 125 Å². The zero-order valence-corrected chi connectivity index (χ0v) is 13.5. The molecule has 0 radical (unpaired) electrons. The lowest BCUT2D eigenvalue weighted by Gasteiger charge is -2.41. The number of sulfonamides is 1. The normalized spacial score (nSPS) is 18.9. The Morgan fingerprint density at radius 1 is 1.14 bits per heavy atom. The summed E-state index contributed by atoms with van der Waals surface area (Å²) in [5.74, 6) is -0.798. The molecule has 1 heterocycles. The summed E-state index contributed by atoms with van der Waals surface area (Å²) in [6, 6.07) is 3.68. The third kappa shape index (κ3) is 3.36. The van der Waals surface area contributed by atoms with Crippen LogP contribution >= 0.6 is 0 Å². The second-order valence-electron chi connectivity index (χ2n) is 6.25. The molecule has 0 atom stereocenters. The van der Waals surface area contributed by atoms with E-state index in [-0.39, 0.29) is 16.1 Å². The largest absolute Gasteiger partial charge is 0.399 e. The molecule has 1 fully saturated rings. The number of hydrogen-bond donors (Lipinski definition) is 1. The van der Waals surface area contributed by atoms with Crippen LogP contribution in [0.5, 0.6) is 0 Å². The van der Waals surface area contributed by atoms with Gasteiger partial charge in [0, 0.05) is 37.4 Å². The molecule has 5 nitrogen and oxygen atoms in total. The van der Waals surface area contributed by atoms with E-state index >= 15 is 0 Å². The van der Waals surface area contributed by atoms with Crippen molar-refractivity contribution in [3.63, 3.8) is 0 Å². The second-order valence-corrected chi connectivity index (χ2v) is 8.16. The molecule has 21 heavy (non-hydrogen) atoms. The molecular formula is C14H22FN3O2S. The van der Waals surface area contributed by atoms with Crippen LogP contribution in [0.15, 0.2) is 23.1 Å². The third-order valence-electron chi connectivity index (χ3n) is 3.76. The van der Waals surface area contributed by atoms with E-state index in [1.807, 2.05) is 0 Å². The lowest BCUT2D eigenvalue weighted by Crippen LogP contribution is -2.54. The van der Waals surface area contributed by atoms with Crippen molar-refractivity contribution >= 4 is 15.7 Å². The van der Waals surface area contributed by atoms with Gasteiger partial charge in [-0.3, -0.25) is 4.90 Å². The fourth-order valence-electron chi connectivity index (χ4n) is 2.46. The summed E-state index contributed by atoms with van der Waals surface area (Å²) in [5, 5.41) is 0. The number of halogens is 1. The van der Waals surface area contributed by atoms with E-state index < -0.39 is 15.8 Å². The topological polar surface area (TPSA) is 66.6 Å². The standard InChI is InChI=1S/C14H22FN3O2S/c1-14(2,3)17-6-8-18(9-7-17)21(19,20)13-5-4-11(16)10-12(13)15/h4-5,10H,6-9,16H2,1-3H3. The van der Waals surface area contributed by atoms with E-state index in [1.54, 1.807) is 0 Å². The highest BCUT2D eigenvalue weighted by molar-refractivity contribution is 7.89. The zero-order chi connectivity index (χ0) is 15.8. The predicted molar refractivity (Wildman–Crippen MR) is 80.9 cm³/mol. The molecule has 2 N–H and O–H groups in total. The Balaban J connectivity index is 2.19. The summed E-state index contributed by atoms with van der Waals surface area (Å²) in [6.07, 6.45) is 0. The Kier molecular flexibility index (Phi) is 4.28. The maximum absolute atomic E-state index is 13.9. The minimum absolute atomic E-state index is 0.00228. The maximum atomic E-state index is 13.9. The Morgan fingerprint density at radius 3 is 2.19 bits per heavy atom. The van der Waals surface area contributed by atoms with Crippen LogP contribution in [-0.4, -0.2) is 49.3 Å². The van der Waals surface area contributed by atoms with Crippen molar-refractivity contribution in [1.29, 1.82) is 0 Å². The lowest BCUT2D eigenvalue weighted by atomic mass is 10.1. The van der Waals surface area contributed by atoms with Gasteiger partial charge in [-0.2, -0.15) is 4.31 Å². The third-order valence-corrected chi connectivity index (χ3v) is 5.69. The van der Waals surface area contributed by atoms with Gasteiger partial charge in [0.05, 0.1) is 0 Å². The SMILES string of the molecule is CC(C)(C)N1CCN(S(=O)(=O)c2ccc(N)cc2F)CC1. The quantitative estimate of drug-likeness (QED) is 0.840. The molecule has 118 valence electrons. The number of nitrogen functional groups attached to an aromatic ring is 1. The Bertz CT molecular complexity index is 618. The molecule has 0 saturated carbocycles. The highest BCUT2D eigenvalue weighted by atomic mass is 32.2. The van der Waals surface area contributed by atoms with Gasteiger partial charge in [-0.25, -0.2) is 12.8 Å². The van der Waals surface area contributed by atoms with Crippen LogP contribution in [-0.2, 0) is 10.0 Å². The number of nitrogens with two attached hydrogens (primary N) is 1. The fraction of sp³-hybridized carbons (Fsp3) is 0.571. The lowest BCUT2D eigenvalue weighted by molar-refractivity contribution is 0.0921. The second kappa shape index (κ2) is 5.55. The molecule has 1 aromatic carbocycles. The molecule has 1 saturated heterocycles. The number of anilines is 1. The molecule has 1 aliphatic heterocycles. The van der Waals surface area contributed by atoms with E-state index in [0.717, 1.165) is 6.07 Å². The first kappa shape index (κ1) is 16.2. The smallest absolute Gasteiger partial charge is 0.246 e. The summed E-state index contributed by atoms with van der Waals surface area (Å²) in [5.41, 5.74) is 5.67. The molecule has 0 aromatic heterocycles. The molecule has 1 aliphatic rings. The highest BCUT2D eigenvalue weighted by Gasteiger charge is 2.33. The van der Waals surface area contributed by atoms with Crippen molar-refractivity contribution in [2.75, 3.05) is 31.9 Å². The molecule has 0 aliphatic carbocycles. The van der Waals surface area contributed by atoms with Gasteiger partial charge in [-0.05, 0) is 39.0 Å². The predicted octanol–water partition coefficient (Wildman–Crippen LogP) is 1.51. The minimum Gasteiger partial charge on any atom is -0.399 e. The summed E-state index contributed by atoms with van der Waals surface area (Å²) in [6.45, 7) is 8.29. The van der Waals surface area contributed by atoms with E-state index in [1.165, 1.54) is 16.4 Å². The van der Waals surface area contributed by atoms with Gasteiger partial charge in [-0.1, -0.05) is 0 Å². The van der Waals surface area contributed by atoms with Crippen LogP contribution in [0, 0.1) is 5.82 Å². The first-order valence-electron chi connectivity index (χ1n) is 6.92. The molecule has 0 spiro atoms. The van der Waals surface area contributed by atoms with Crippen molar-refractivity contribution in [2.45, 2.75) is 31.2 Å². The minimum atomic E-state index is -3.80. The van der Waals surface area contributed by atoms with E-state index in [2.05, 4.69) is 25.7 Å². The van der Waals surface area contributed by atoms with Crippen molar-refractivity contribution in [3.05, 3.63) is 24.0 Å². The van der Waals surface area contributed by atoms with Gasteiger partial charge < -0.3 is 5.73 Å². The average molecular weight is 315 g/mol. The Hall–Kier alpha value is -1.18. The van der Waals surface area contributed by atoms with Crippen LogP contribution in [0.25, 0.3) is 0 Å². The van der Waals surface area contributed by atoms with Crippen molar-refractivity contribution in [3.8, 4) is 0 Å². The fourth-order valence-corrected chi connectivity index (χ4v) is 3.93. The molecule has 0 unspecified atom stereocenters. The zero-order valence-electron chi connectivity index (χ0n) is 12.6. The average Bonchev–Trinajstić information content (AvgIpc) is 2.37. The monoisotopic (exact) mass is 315 g/mol. The first-order valence-corrected chi connectivity index (χ1v) is 8.36. The molecule has 0 bridgehead atoms. The van der Waals surface area contributed by atoms with Gasteiger partial charge in [0.25, 0.3) is 0 Å². The number of piperazine rings is 1. The van der Waals surface area contributed by atoms with Gasteiger partial charge in [-0.15, -0.1) is 0 Å². The number of benzene rings is 1. The number of rotatable bonds is 2. The van der Waals surface area contributed by atoms with Crippen molar-refractivity contribution < 1.29 is 12.8 Å².